The summed E-state index contributed by atoms with van der Waals surface area (Å²) in [5, 5.41) is 2.01. The van der Waals surface area contributed by atoms with E-state index in [1.165, 1.54) is 4.88 Å². The average Bonchev–Trinajstić information content (AvgIpc) is 2.91. The number of benzene rings is 1. The maximum absolute atomic E-state index is 5.85. The van der Waals surface area contributed by atoms with Gasteiger partial charge in [-0.15, -0.1) is 11.3 Å². The Morgan fingerprint density at radius 2 is 2.00 bits per heavy atom. The fraction of sp³-hybridized carbons (Fsp3) is 0.375. The van der Waals surface area contributed by atoms with E-state index in [9.17, 15) is 0 Å². The highest BCUT2D eigenvalue weighted by molar-refractivity contribution is 9.09. The summed E-state index contributed by atoms with van der Waals surface area (Å²) in [6, 6.07) is 8.17. The van der Waals surface area contributed by atoms with Crippen molar-refractivity contribution in [2.75, 3.05) is 20.3 Å². The van der Waals surface area contributed by atoms with Crippen LogP contribution in [0.2, 0.25) is 0 Å². The molecule has 1 aliphatic rings. The number of fused-ring (bicyclic) bond motifs is 1. The first-order valence-electron chi connectivity index (χ1n) is 6.83. The number of hydrogen-bond acceptors (Lipinski definition) is 4. The summed E-state index contributed by atoms with van der Waals surface area (Å²) in [5.74, 6) is 2.95. The van der Waals surface area contributed by atoms with Crippen LogP contribution in [0.1, 0.15) is 22.2 Å². The van der Waals surface area contributed by atoms with Crippen molar-refractivity contribution in [2.24, 2.45) is 5.92 Å². The van der Waals surface area contributed by atoms with E-state index in [1.807, 2.05) is 11.4 Å². The van der Waals surface area contributed by atoms with Gasteiger partial charge in [-0.05, 0) is 23.8 Å². The highest BCUT2D eigenvalue weighted by atomic mass is 79.9. The summed E-state index contributed by atoms with van der Waals surface area (Å²) >= 11 is 5.43. The molecule has 0 saturated heterocycles. The molecule has 2 aromatic rings. The molecule has 0 saturated carbocycles. The van der Waals surface area contributed by atoms with E-state index in [0.29, 0.717) is 19.1 Å². The lowest BCUT2D eigenvalue weighted by Gasteiger charge is -2.12. The Kier molecular flexibility index (Phi) is 4.40. The molecule has 2 heterocycles. The smallest absolute Gasteiger partial charge is 0.161 e. The molecular weight excluding hydrogens is 352 g/mol. The summed E-state index contributed by atoms with van der Waals surface area (Å²) in [6.07, 6.45) is 0. The van der Waals surface area contributed by atoms with Crippen molar-refractivity contribution in [3.8, 4) is 17.2 Å². The fourth-order valence-corrected chi connectivity index (χ4v) is 3.76. The topological polar surface area (TPSA) is 27.7 Å². The van der Waals surface area contributed by atoms with E-state index in [-0.39, 0.29) is 4.83 Å². The normalized spacial score (nSPS) is 18.9. The number of rotatable bonds is 3. The molecule has 0 fully saturated rings. The van der Waals surface area contributed by atoms with Crippen LogP contribution in [0.25, 0.3) is 0 Å². The van der Waals surface area contributed by atoms with Crippen molar-refractivity contribution < 1.29 is 14.2 Å². The number of halogens is 1. The Hall–Kier alpha value is -1.20. The van der Waals surface area contributed by atoms with Crippen LogP contribution in [0.5, 0.6) is 17.2 Å². The van der Waals surface area contributed by atoms with Crippen LogP contribution in [-0.4, -0.2) is 20.3 Å². The predicted octanol–water partition coefficient (Wildman–Crippen LogP) is 4.65. The van der Waals surface area contributed by atoms with Gasteiger partial charge in [-0.2, -0.15) is 0 Å². The van der Waals surface area contributed by atoms with Crippen LogP contribution in [0, 0.1) is 5.92 Å². The molecule has 2 atom stereocenters. The largest absolute Gasteiger partial charge is 0.496 e. The maximum Gasteiger partial charge on any atom is 0.161 e. The van der Waals surface area contributed by atoms with Gasteiger partial charge in [0.1, 0.15) is 5.75 Å². The summed E-state index contributed by atoms with van der Waals surface area (Å²) < 4.78 is 16.9. The van der Waals surface area contributed by atoms with Crippen LogP contribution >= 0.6 is 27.3 Å². The van der Waals surface area contributed by atoms with Gasteiger partial charge in [0.2, 0.25) is 0 Å². The highest BCUT2D eigenvalue weighted by Gasteiger charge is 2.19. The number of methoxy groups -OCH3 is 1. The van der Waals surface area contributed by atoms with Gasteiger partial charge in [-0.3, -0.25) is 0 Å². The van der Waals surface area contributed by atoms with Gasteiger partial charge in [0.05, 0.1) is 25.2 Å². The molecule has 0 amide bonds. The van der Waals surface area contributed by atoms with E-state index < -0.39 is 0 Å². The molecule has 1 aromatic carbocycles. The Labute approximate surface area is 137 Å². The number of thiophene rings is 1. The molecule has 5 heteroatoms. The monoisotopic (exact) mass is 368 g/mol. The number of alkyl halides is 1. The van der Waals surface area contributed by atoms with Crippen LogP contribution < -0.4 is 14.2 Å². The second-order valence-corrected chi connectivity index (χ2v) is 7.04. The van der Waals surface area contributed by atoms with Crippen LogP contribution in [0.15, 0.2) is 29.6 Å². The van der Waals surface area contributed by atoms with Crippen LogP contribution in [0.4, 0.5) is 0 Å². The van der Waals surface area contributed by atoms with Gasteiger partial charge in [0.15, 0.2) is 11.5 Å². The third-order valence-corrected chi connectivity index (χ3v) is 5.69. The van der Waals surface area contributed by atoms with Gasteiger partial charge in [0.25, 0.3) is 0 Å². The molecule has 1 aliphatic heterocycles. The molecule has 21 heavy (non-hydrogen) atoms. The first kappa shape index (κ1) is 14.7. The first-order chi connectivity index (χ1) is 10.2. The molecule has 0 bridgehead atoms. The van der Waals surface area contributed by atoms with Crippen molar-refractivity contribution >= 4 is 27.3 Å². The van der Waals surface area contributed by atoms with Crippen molar-refractivity contribution in [1.29, 1.82) is 0 Å². The standard InChI is InChI=1S/C16H17BrO3S/c1-10-7-19-13-4-3-11(5-14(13)20-8-10)16(17)15-6-12(18-2)9-21-15/h3-6,9-10,16H,7-8H2,1-2H3. The van der Waals surface area contributed by atoms with Gasteiger partial charge < -0.3 is 14.2 Å². The zero-order valence-electron chi connectivity index (χ0n) is 12.0. The molecule has 1 aromatic heterocycles. The van der Waals surface area contributed by atoms with Crippen molar-refractivity contribution in [3.05, 3.63) is 40.1 Å². The minimum atomic E-state index is 0.126. The minimum Gasteiger partial charge on any atom is -0.496 e. The Morgan fingerprint density at radius 3 is 2.71 bits per heavy atom. The van der Waals surface area contributed by atoms with Crippen LogP contribution in [-0.2, 0) is 0 Å². The summed E-state index contributed by atoms with van der Waals surface area (Å²) in [6.45, 7) is 3.51. The average molecular weight is 369 g/mol. The zero-order chi connectivity index (χ0) is 14.8. The third kappa shape index (κ3) is 3.19. The van der Waals surface area contributed by atoms with Crippen molar-refractivity contribution in [3.63, 3.8) is 0 Å². The molecule has 0 radical (unpaired) electrons. The maximum atomic E-state index is 5.85. The van der Waals surface area contributed by atoms with E-state index in [1.54, 1.807) is 18.4 Å². The lowest BCUT2D eigenvalue weighted by molar-refractivity contribution is 0.228. The highest BCUT2D eigenvalue weighted by Crippen LogP contribution is 2.40. The molecule has 0 spiro atoms. The van der Waals surface area contributed by atoms with Gasteiger partial charge in [-0.25, -0.2) is 0 Å². The lowest BCUT2D eigenvalue weighted by atomic mass is 10.1. The van der Waals surface area contributed by atoms with Crippen molar-refractivity contribution in [1.82, 2.24) is 0 Å². The summed E-state index contributed by atoms with van der Waals surface area (Å²) in [4.78, 5) is 1.33. The van der Waals surface area contributed by atoms with Gasteiger partial charge >= 0.3 is 0 Å². The molecular formula is C16H17BrO3S. The third-order valence-electron chi connectivity index (χ3n) is 3.39. The van der Waals surface area contributed by atoms with E-state index in [4.69, 9.17) is 14.2 Å². The summed E-state index contributed by atoms with van der Waals surface area (Å²) in [7, 11) is 1.68. The second-order valence-electron chi connectivity index (χ2n) is 5.18. The lowest BCUT2D eigenvalue weighted by Crippen LogP contribution is -2.12. The molecule has 0 N–H and O–H groups in total. The molecule has 3 nitrogen and oxygen atoms in total. The Balaban J connectivity index is 1.86. The number of hydrogen-bond donors (Lipinski definition) is 0. The zero-order valence-corrected chi connectivity index (χ0v) is 14.4. The molecule has 112 valence electrons. The predicted molar refractivity (Wildman–Crippen MR) is 88.2 cm³/mol. The Morgan fingerprint density at radius 1 is 1.24 bits per heavy atom. The molecule has 0 aliphatic carbocycles. The minimum absolute atomic E-state index is 0.126. The Bertz CT molecular complexity index is 626. The molecule has 2 unspecified atom stereocenters. The summed E-state index contributed by atoms with van der Waals surface area (Å²) in [5.41, 5.74) is 1.15. The molecule has 3 rings (SSSR count). The number of ether oxygens (including phenoxy) is 3. The second kappa shape index (κ2) is 6.28. The van der Waals surface area contributed by atoms with E-state index in [2.05, 4.69) is 41.1 Å². The van der Waals surface area contributed by atoms with E-state index >= 15 is 0 Å². The van der Waals surface area contributed by atoms with Crippen molar-refractivity contribution in [2.45, 2.75) is 11.8 Å². The van der Waals surface area contributed by atoms with E-state index in [0.717, 1.165) is 22.8 Å². The fourth-order valence-electron chi connectivity index (χ4n) is 2.17. The quantitative estimate of drug-likeness (QED) is 0.738. The van der Waals surface area contributed by atoms with Gasteiger partial charge in [-0.1, -0.05) is 28.9 Å². The first-order valence-corrected chi connectivity index (χ1v) is 8.63. The van der Waals surface area contributed by atoms with Crippen LogP contribution in [0.3, 0.4) is 0 Å². The van der Waals surface area contributed by atoms with Gasteiger partial charge in [0, 0.05) is 16.2 Å². The SMILES string of the molecule is COc1csc(C(Br)c2ccc3c(c2)OCC(C)CO3)c1.